The minimum atomic E-state index is -0.0461. The van der Waals surface area contributed by atoms with Gasteiger partial charge in [0, 0.05) is 13.2 Å². The van der Waals surface area contributed by atoms with Gasteiger partial charge in [-0.3, -0.25) is 0 Å². The van der Waals surface area contributed by atoms with Gasteiger partial charge in [0.05, 0.1) is 6.10 Å². The lowest BCUT2D eigenvalue weighted by molar-refractivity contribution is 0.0983. The molecule has 1 atom stereocenters. The SMILES string of the molecule is CCCOCCCC(O)C1CC1. The Kier molecular flexibility index (Phi) is 4.62. The van der Waals surface area contributed by atoms with Crippen molar-refractivity contribution in [2.24, 2.45) is 5.92 Å². The highest BCUT2D eigenvalue weighted by atomic mass is 16.5. The van der Waals surface area contributed by atoms with Crippen LogP contribution in [0.2, 0.25) is 0 Å². The fraction of sp³-hybridized carbons (Fsp3) is 1.00. The molecule has 0 heterocycles. The van der Waals surface area contributed by atoms with Crippen molar-refractivity contribution in [2.45, 2.75) is 45.1 Å². The van der Waals surface area contributed by atoms with Gasteiger partial charge in [-0.1, -0.05) is 6.92 Å². The molecule has 1 rings (SSSR count). The van der Waals surface area contributed by atoms with E-state index in [1.54, 1.807) is 0 Å². The summed E-state index contributed by atoms with van der Waals surface area (Å²) in [6.45, 7) is 3.79. The number of hydrogen-bond donors (Lipinski definition) is 1. The summed E-state index contributed by atoms with van der Waals surface area (Å²) >= 11 is 0. The summed E-state index contributed by atoms with van der Waals surface area (Å²) in [5.41, 5.74) is 0. The number of aliphatic hydroxyl groups excluding tert-OH is 1. The van der Waals surface area contributed by atoms with E-state index in [1.807, 2.05) is 0 Å². The maximum absolute atomic E-state index is 9.49. The first-order valence-corrected chi connectivity index (χ1v) is 5.10. The lowest BCUT2D eigenvalue weighted by Crippen LogP contribution is -2.10. The average Bonchev–Trinajstić information content (AvgIpc) is 2.86. The third-order valence-electron chi connectivity index (χ3n) is 2.30. The van der Waals surface area contributed by atoms with Crippen molar-refractivity contribution in [1.82, 2.24) is 0 Å². The maximum Gasteiger partial charge on any atom is 0.0569 e. The lowest BCUT2D eigenvalue weighted by Gasteiger charge is -2.08. The van der Waals surface area contributed by atoms with Crippen molar-refractivity contribution in [2.75, 3.05) is 13.2 Å². The van der Waals surface area contributed by atoms with Gasteiger partial charge < -0.3 is 9.84 Å². The highest BCUT2D eigenvalue weighted by Crippen LogP contribution is 2.34. The molecular weight excluding hydrogens is 152 g/mol. The van der Waals surface area contributed by atoms with E-state index in [9.17, 15) is 5.11 Å². The second kappa shape index (κ2) is 5.55. The van der Waals surface area contributed by atoms with Gasteiger partial charge in [-0.05, 0) is 38.0 Å². The van der Waals surface area contributed by atoms with E-state index in [1.165, 1.54) is 12.8 Å². The van der Waals surface area contributed by atoms with Crippen molar-refractivity contribution in [1.29, 1.82) is 0 Å². The lowest BCUT2D eigenvalue weighted by atomic mass is 10.1. The predicted molar refractivity (Wildman–Crippen MR) is 49.1 cm³/mol. The van der Waals surface area contributed by atoms with Crippen LogP contribution in [0.15, 0.2) is 0 Å². The van der Waals surface area contributed by atoms with Crippen LogP contribution in [0.1, 0.15) is 39.0 Å². The summed E-state index contributed by atoms with van der Waals surface area (Å²) < 4.78 is 5.32. The molecule has 0 saturated heterocycles. The molecule has 2 nitrogen and oxygen atoms in total. The van der Waals surface area contributed by atoms with Crippen molar-refractivity contribution < 1.29 is 9.84 Å². The van der Waals surface area contributed by atoms with Crippen LogP contribution in [0.25, 0.3) is 0 Å². The fourth-order valence-corrected chi connectivity index (χ4v) is 1.36. The van der Waals surface area contributed by atoms with Gasteiger partial charge >= 0.3 is 0 Å². The molecule has 0 aromatic heterocycles. The first kappa shape index (κ1) is 10.0. The Labute approximate surface area is 74.9 Å². The van der Waals surface area contributed by atoms with E-state index in [-0.39, 0.29) is 6.10 Å². The largest absolute Gasteiger partial charge is 0.393 e. The minimum absolute atomic E-state index is 0.0461. The van der Waals surface area contributed by atoms with Crippen LogP contribution in [0.4, 0.5) is 0 Å². The van der Waals surface area contributed by atoms with Crippen molar-refractivity contribution in [3.05, 3.63) is 0 Å². The number of aliphatic hydroxyl groups is 1. The van der Waals surface area contributed by atoms with Crippen LogP contribution in [-0.2, 0) is 4.74 Å². The average molecular weight is 172 g/mol. The van der Waals surface area contributed by atoms with E-state index in [2.05, 4.69) is 6.92 Å². The van der Waals surface area contributed by atoms with Gasteiger partial charge in [0.25, 0.3) is 0 Å². The molecule has 0 aromatic rings. The zero-order valence-corrected chi connectivity index (χ0v) is 7.96. The molecule has 1 unspecified atom stereocenters. The minimum Gasteiger partial charge on any atom is -0.393 e. The Balaban J connectivity index is 1.81. The second-order valence-corrected chi connectivity index (χ2v) is 3.66. The van der Waals surface area contributed by atoms with Crippen molar-refractivity contribution in [3.8, 4) is 0 Å². The van der Waals surface area contributed by atoms with E-state index in [4.69, 9.17) is 4.74 Å². The van der Waals surface area contributed by atoms with E-state index in [0.717, 1.165) is 32.5 Å². The molecule has 1 N–H and O–H groups in total. The molecule has 0 spiro atoms. The van der Waals surface area contributed by atoms with Crippen LogP contribution in [0, 0.1) is 5.92 Å². The van der Waals surface area contributed by atoms with E-state index in [0.29, 0.717) is 5.92 Å². The van der Waals surface area contributed by atoms with Gasteiger partial charge in [0.1, 0.15) is 0 Å². The Morgan fingerprint density at radius 2 is 2.17 bits per heavy atom. The van der Waals surface area contributed by atoms with Gasteiger partial charge in [-0.2, -0.15) is 0 Å². The quantitative estimate of drug-likeness (QED) is 0.595. The van der Waals surface area contributed by atoms with Crippen molar-refractivity contribution in [3.63, 3.8) is 0 Å². The Bertz CT molecular complexity index is 110. The third-order valence-corrected chi connectivity index (χ3v) is 2.30. The van der Waals surface area contributed by atoms with Crippen LogP contribution in [0.5, 0.6) is 0 Å². The van der Waals surface area contributed by atoms with Gasteiger partial charge in [-0.15, -0.1) is 0 Å². The summed E-state index contributed by atoms with van der Waals surface area (Å²) in [6.07, 6.45) is 5.45. The van der Waals surface area contributed by atoms with E-state index < -0.39 is 0 Å². The predicted octanol–water partition coefficient (Wildman–Crippen LogP) is 1.96. The molecule has 1 aliphatic carbocycles. The Morgan fingerprint density at radius 1 is 1.42 bits per heavy atom. The maximum atomic E-state index is 9.49. The van der Waals surface area contributed by atoms with Crippen molar-refractivity contribution >= 4 is 0 Å². The van der Waals surface area contributed by atoms with Gasteiger partial charge in [0.2, 0.25) is 0 Å². The first-order valence-electron chi connectivity index (χ1n) is 5.10. The van der Waals surface area contributed by atoms with Crippen LogP contribution >= 0.6 is 0 Å². The Morgan fingerprint density at radius 3 is 2.75 bits per heavy atom. The fourth-order valence-electron chi connectivity index (χ4n) is 1.36. The van der Waals surface area contributed by atoms with E-state index >= 15 is 0 Å². The zero-order chi connectivity index (χ0) is 8.81. The highest BCUT2D eigenvalue weighted by Gasteiger charge is 2.28. The Hall–Kier alpha value is -0.0800. The molecule has 1 fully saturated rings. The molecule has 12 heavy (non-hydrogen) atoms. The first-order chi connectivity index (χ1) is 5.84. The third kappa shape index (κ3) is 4.07. The molecule has 72 valence electrons. The highest BCUT2D eigenvalue weighted by molar-refractivity contribution is 4.80. The summed E-state index contributed by atoms with van der Waals surface area (Å²) in [4.78, 5) is 0. The molecule has 0 aliphatic heterocycles. The number of rotatable bonds is 7. The van der Waals surface area contributed by atoms with Crippen LogP contribution < -0.4 is 0 Å². The molecule has 0 aromatic carbocycles. The standard InChI is InChI=1S/C10H20O2/c1-2-7-12-8-3-4-10(11)9-5-6-9/h9-11H,2-8H2,1H3. The van der Waals surface area contributed by atoms with Gasteiger partial charge in [0.15, 0.2) is 0 Å². The number of ether oxygens (including phenoxy) is 1. The molecular formula is C10H20O2. The van der Waals surface area contributed by atoms with Gasteiger partial charge in [-0.25, -0.2) is 0 Å². The summed E-state index contributed by atoms with van der Waals surface area (Å²) in [5.74, 6) is 0.621. The summed E-state index contributed by atoms with van der Waals surface area (Å²) in [7, 11) is 0. The molecule has 2 heteroatoms. The topological polar surface area (TPSA) is 29.5 Å². The van der Waals surface area contributed by atoms with Crippen LogP contribution in [-0.4, -0.2) is 24.4 Å². The smallest absolute Gasteiger partial charge is 0.0569 e. The molecule has 0 radical (unpaired) electrons. The monoisotopic (exact) mass is 172 g/mol. The summed E-state index contributed by atoms with van der Waals surface area (Å²) in [6, 6.07) is 0. The second-order valence-electron chi connectivity index (χ2n) is 3.66. The molecule has 1 aliphatic rings. The van der Waals surface area contributed by atoms with Crippen LogP contribution in [0.3, 0.4) is 0 Å². The molecule has 0 amide bonds. The number of hydrogen-bond acceptors (Lipinski definition) is 2. The molecule has 1 saturated carbocycles. The normalized spacial score (nSPS) is 19.5. The molecule has 0 bridgehead atoms. The summed E-state index contributed by atoms with van der Waals surface area (Å²) in [5, 5.41) is 9.49. The zero-order valence-electron chi connectivity index (χ0n) is 7.96.